The van der Waals surface area contributed by atoms with Crippen molar-refractivity contribution in [1.82, 2.24) is 14.8 Å². The molecule has 0 bridgehead atoms. The highest BCUT2D eigenvalue weighted by Gasteiger charge is 2.39. The fourth-order valence-electron chi connectivity index (χ4n) is 1.72. The number of rotatable bonds is 4. The summed E-state index contributed by atoms with van der Waals surface area (Å²) >= 11 is 0. The first kappa shape index (κ1) is 14.2. The second kappa shape index (κ2) is 4.41. The molecule has 0 aliphatic heterocycles. The van der Waals surface area contributed by atoms with Gasteiger partial charge in [0.15, 0.2) is 5.82 Å². The van der Waals surface area contributed by atoms with Crippen LogP contribution < -0.4 is 5.73 Å². The Hall–Kier alpha value is -0.900. The van der Waals surface area contributed by atoms with Crippen LogP contribution in [-0.4, -0.2) is 20.3 Å². The summed E-state index contributed by atoms with van der Waals surface area (Å²) in [4.78, 5) is 4.66. The quantitative estimate of drug-likeness (QED) is 0.873. The molecule has 17 heavy (non-hydrogen) atoms. The van der Waals surface area contributed by atoms with Crippen molar-refractivity contribution in [2.45, 2.75) is 58.9 Å². The number of hydrogen-bond acceptors (Lipinski definition) is 3. The van der Waals surface area contributed by atoms with E-state index in [1.807, 2.05) is 25.6 Å². The summed E-state index contributed by atoms with van der Waals surface area (Å²) in [5, 5.41) is 4.48. The summed E-state index contributed by atoms with van der Waals surface area (Å²) in [6.45, 7) is 12.7. The molecule has 1 aromatic heterocycles. The van der Waals surface area contributed by atoms with Crippen molar-refractivity contribution in [3.63, 3.8) is 0 Å². The maximum Gasteiger partial charge on any atom is 0.151 e. The molecule has 1 heterocycles. The first-order valence-electron chi connectivity index (χ1n) is 6.25. The van der Waals surface area contributed by atoms with Crippen LogP contribution in [0.5, 0.6) is 0 Å². The Kier molecular flexibility index (Phi) is 3.67. The molecule has 0 saturated carbocycles. The van der Waals surface area contributed by atoms with E-state index in [1.54, 1.807) is 0 Å². The van der Waals surface area contributed by atoms with Gasteiger partial charge in [-0.2, -0.15) is 5.10 Å². The monoisotopic (exact) mass is 238 g/mol. The first-order chi connectivity index (χ1) is 7.55. The first-order valence-corrected chi connectivity index (χ1v) is 6.25. The van der Waals surface area contributed by atoms with Gasteiger partial charge < -0.3 is 5.73 Å². The van der Waals surface area contributed by atoms with E-state index in [-0.39, 0.29) is 11.0 Å². The lowest BCUT2D eigenvalue weighted by Crippen LogP contribution is -2.51. The molecular weight excluding hydrogens is 212 g/mol. The van der Waals surface area contributed by atoms with Gasteiger partial charge in [0.1, 0.15) is 5.82 Å². The maximum absolute atomic E-state index is 6.24. The lowest BCUT2D eigenvalue weighted by molar-refractivity contribution is 0.282. The lowest BCUT2D eigenvalue weighted by Gasteiger charge is -2.37. The predicted molar refractivity (Wildman–Crippen MR) is 70.8 cm³/mol. The lowest BCUT2D eigenvalue weighted by atomic mass is 9.74. The minimum atomic E-state index is -0.330. The Labute approximate surface area is 105 Å². The van der Waals surface area contributed by atoms with Gasteiger partial charge in [-0.25, -0.2) is 4.98 Å². The van der Waals surface area contributed by atoms with E-state index >= 15 is 0 Å². The van der Waals surface area contributed by atoms with Crippen molar-refractivity contribution in [2.24, 2.45) is 18.7 Å². The van der Waals surface area contributed by atoms with Crippen LogP contribution >= 0.6 is 0 Å². The summed E-state index contributed by atoms with van der Waals surface area (Å²) in [5.74, 6) is 2.44. The molecular formula is C13H26N4. The number of aromatic nitrogens is 3. The molecule has 2 N–H and O–H groups in total. The molecule has 1 aromatic rings. The zero-order valence-electron chi connectivity index (χ0n) is 12.2. The molecule has 4 heteroatoms. The van der Waals surface area contributed by atoms with Gasteiger partial charge in [0, 0.05) is 24.4 Å². The van der Waals surface area contributed by atoms with Crippen LogP contribution in [0, 0.1) is 5.92 Å². The van der Waals surface area contributed by atoms with Gasteiger partial charge in [-0.1, -0.05) is 27.7 Å². The third-order valence-corrected chi connectivity index (χ3v) is 3.57. The van der Waals surface area contributed by atoms with Crippen LogP contribution in [0.4, 0.5) is 0 Å². The maximum atomic E-state index is 6.24. The Morgan fingerprint density at radius 1 is 1.24 bits per heavy atom. The number of aryl methyl sites for hydroxylation is 1. The number of nitrogens with two attached hydrogens (primary N) is 1. The van der Waals surface area contributed by atoms with Crippen LogP contribution in [0.15, 0.2) is 0 Å². The van der Waals surface area contributed by atoms with Gasteiger partial charge >= 0.3 is 0 Å². The van der Waals surface area contributed by atoms with Crippen LogP contribution in [0.25, 0.3) is 0 Å². The van der Waals surface area contributed by atoms with E-state index in [1.165, 1.54) is 0 Å². The van der Waals surface area contributed by atoms with Crippen molar-refractivity contribution in [2.75, 3.05) is 0 Å². The molecule has 0 radical (unpaired) electrons. The van der Waals surface area contributed by atoms with Crippen LogP contribution in [0.1, 0.15) is 53.2 Å². The van der Waals surface area contributed by atoms with Gasteiger partial charge in [0.05, 0.1) is 0 Å². The number of nitrogens with zero attached hydrogens (tertiary/aromatic N) is 3. The van der Waals surface area contributed by atoms with E-state index in [0.717, 1.165) is 18.1 Å². The summed E-state index contributed by atoms with van der Waals surface area (Å²) in [5.41, 5.74) is 5.71. The van der Waals surface area contributed by atoms with Crippen molar-refractivity contribution in [3.05, 3.63) is 11.6 Å². The van der Waals surface area contributed by atoms with Gasteiger partial charge in [-0.15, -0.1) is 0 Å². The highest BCUT2D eigenvalue weighted by molar-refractivity contribution is 5.14. The van der Waals surface area contributed by atoms with Crippen LogP contribution in [0.2, 0.25) is 0 Å². The highest BCUT2D eigenvalue weighted by Crippen LogP contribution is 2.31. The summed E-state index contributed by atoms with van der Waals surface area (Å²) in [7, 11) is 1.94. The SMILES string of the molecule is CC(C)Cc1nc(C(C)(C)C(C)(C)N)n(C)n1. The van der Waals surface area contributed by atoms with E-state index in [2.05, 4.69) is 37.8 Å². The van der Waals surface area contributed by atoms with Gasteiger partial charge in [0.2, 0.25) is 0 Å². The Bertz CT molecular complexity index is 383. The Morgan fingerprint density at radius 3 is 2.18 bits per heavy atom. The predicted octanol–water partition coefficient (Wildman–Crippen LogP) is 2.03. The summed E-state index contributed by atoms with van der Waals surface area (Å²) < 4.78 is 1.87. The third-order valence-electron chi connectivity index (χ3n) is 3.57. The largest absolute Gasteiger partial charge is 0.325 e. The van der Waals surface area contributed by atoms with Crippen LogP contribution in [-0.2, 0) is 18.9 Å². The number of hydrogen-bond donors (Lipinski definition) is 1. The summed E-state index contributed by atoms with van der Waals surface area (Å²) in [6, 6.07) is 0. The minimum absolute atomic E-state index is 0.204. The zero-order chi connectivity index (χ0) is 13.4. The molecule has 4 nitrogen and oxygen atoms in total. The molecule has 0 spiro atoms. The highest BCUT2D eigenvalue weighted by atomic mass is 15.3. The van der Waals surface area contributed by atoms with Gasteiger partial charge in [0.25, 0.3) is 0 Å². The fraction of sp³-hybridized carbons (Fsp3) is 0.846. The van der Waals surface area contributed by atoms with E-state index in [9.17, 15) is 0 Å². The van der Waals surface area contributed by atoms with Gasteiger partial charge in [-0.3, -0.25) is 4.68 Å². The molecule has 98 valence electrons. The molecule has 0 unspecified atom stereocenters. The average Bonchev–Trinajstić information content (AvgIpc) is 2.43. The van der Waals surface area contributed by atoms with Gasteiger partial charge in [-0.05, 0) is 19.8 Å². The zero-order valence-corrected chi connectivity index (χ0v) is 12.2. The molecule has 0 saturated heterocycles. The van der Waals surface area contributed by atoms with Crippen LogP contribution in [0.3, 0.4) is 0 Å². The Balaban J connectivity index is 3.11. The standard InChI is InChI=1S/C13H26N4/c1-9(2)8-10-15-11(17(7)16-10)12(3,4)13(5,6)14/h9H,8,14H2,1-7H3. The fourth-order valence-corrected chi connectivity index (χ4v) is 1.72. The molecule has 1 rings (SSSR count). The molecule has 0 fully saturated rings. The second-order valence-electron chi connectivity index (χ2n) is 6.42. The topological polar surface area (TPSA) is 56.7 Å². The minimum Gasteiger partial charge on any atom is -0.325 e. The van der Waals surface area contributed by atoms with Crippen molar-refractivity contribution in [3.8, 4) is 0 Å². The van der Waals surface area contributed by atoms with E-state index in [4.69, 9.17) is 5.73 Å². The molecule has 0 amide bonds. The summed E-state index contributed by atoms with van der Waals surface area (Å²) in [6.07, 6.45) is 0.912. The van der Waals surface area contributed by atoms with Crippen molar-refractivity contribution < 1.29 is 0 Å². The smallest absolute Gasteiger partial charge is 0.151 e. The molecule has 0 aromatic carbocycles. The normalized spacial score (nSPS) is 13.5. The second-order valence-corrected chi connectivity index (χ2v) is 6.42. The van der Waals surface area contributed by atoms with Crippen molar-refractivity contribution >= 4 is 0 Å². The molecule has 0 atom stereocenters. The molecule has 0 aliphatic rings. The third kappa shape index (κ3) is 2.86. The van der Waals surface area contributed by atoms with E-state index in [0.29, 0.717) is 5.92 Å². The van der Waals surface area contributed by atoms with Crippen molar-refractivity contribution in [1.29, 1.82) is 0 Å². The van der Waals surface area contributed by atoms with E-state index < -0.39 is 0 Å². The molecule has 0 aliphatic carbocycles. The average molecular weight is 238 g/mol. The Morgan fingerprint density at radius 2 is 1.76 bits per heavy atom.